The molecular weight excluding hydrogens is 244 g/mol. The summed E-state index contributed by atoms with van der Waals surface area (Å²) < 4.78 is 0. The maximum Gasteiger partial charge on any atom is 0.321 e. The lowest BCUT2D eigenvalue weighted by Crippen LogP contribution is -2.52. The zero-order chi connectivity index (χ0) is 14.3. The Kier molecular flexibility index (Phi) is 6.80. The van der Waals surface area contributed by atoms with Crippen LogP contribution in [0.2, 0.25) is 0 Å². The van der Waals surface area contributed by atoms with Gasteiger partial charge >= 0.3 is 6.03 Å². The molecular formula is C13H26N4O2. The van der Waals surface area contributed by atoms with E-state index in [4.69, 9.17) is 0 Å². The number of amides is 3. The Labute approximate surface area is 115 Å². The van der Waals surface area contributed by atoms with E-state index in [1.54, 1.807) is 0 Å². The van der Waals surface area contributed by atoms with Crippen LogP contribution in [0, 0.1) is 0 Å². The molecule has 0 saturated carbocycles. The summed E-state index contributed by atoms with van der Waals surface area (Å²) in [6.45, 7) is 8.90. The Hall–Kier alpha value is -1.14. The van der Waals surface area contributed by atoms with Crippen LogP contribution in [-0.2, 0) is 4.79 Å². The third kappa shape index (κ3) is 5.16. The number of carbonyl (C=O) groups excluding carboxylic acids is 2. The second-order valence-electron chi connectivity index (χ2n) is 4.91. The highest BCUT2D eigenvalue weighted by Crippen LogP contribution is 2.09. The second kappa shape index (κ2) is 8.12. The Balaban J connectivity index is 2.44. The number of carbonyl (C=O) groups is 2. The number of hydrogen-bond acceptors (Lipinski definition) is 4. The van der Waals surface area contributed by atoms with Crippen molar-refractivity contribution in [2.24, 2.45) is 0 Å². The van der Waals surface area contributed by atoms with Crippen LogP contribution in [0.5, 0.6) is 0 Å². The van der Waals surface area contributed by atoms with Crippen molar-refractivity contribution < 1.29 is 9.59 Å². The van der Waals surface area contributed by atoms with Crippen molar-refractivity contribution in [1.82, 2.24) is 20.9 Å². The largest absolute Gasteiger partial charge is 0.338 e. The van der Waals surface area contributed by atoms with Gasteiger partial charge in [0.15, 0.2) is 0 Å². The van der Waals surface area contributed by atoms with Crippen LogP contribution in [0.4, 0.5) is 4.79 Å². The van der Waals surface area contributed by atoms with Gasteiger partial charge in [0.25, 0.3) is 0 Å². The van der Waals surface area contributed by atoms with E-state index in [-0.39, 0.29) is 11.9 Å². The Morgan fingerprint density at radius 3 is 2.68 bits per heavy atom. The summed E-state index contributed by atoms with van der Waals surface area (Å²) in [6.07, 6.45) is 2.35. The van der Waals surface area contributed by atoms with Gasteiger partial charge in [-0.3, -0.25) is 15.0 Å². The average Bonchev–Trinajstić information content (AvgIpc) is 2.88. The van der Waals surface area contributed by atoms with Gasteiger partial charge in [-0.15, -0.1) is 0 Å². The van der Waals surface area contributed by atoms with Crippen LogP contribution < -0.4 is 16.0 Å². The zero-order valence-corrected chi connectivity index (χ0v) is 12.2. The highest BCUT2D eigenvalue weighted by atomic mass is 16.2. The van der Waals surface area contributed by atoms with Gasteiger partial charge in [0.05, 0.1) is 6.04 Å². The van der Waals surface area contributed by atoms with Crippen LogP contribution in [-0.4, -0.2) is 55.1 Å². The summed E-state index contributed by atoms with van der Waals surface area (Å²) >= 11 is 0. The fraction of sp³-hybridized carbons (Fsp3) is 0.846. The van der Waals surface area contributed by atoms with E-state index >= 15 is 0 Å². The van der Waals surface area contributed by atoms with E-state index in [1.165, 1.54) is 6.42 Å². The van der Waals surface area contributed by atoms with Gasteiger partial charge in [-0.05, 0) is 39.8 Å². The molecule has 19 heavy (non-hydrogen) atoms. The number of imide groups is 1. The van der Waals surface area contributed by atoms with Gasteiger partial charge < -0.3 is 10.6 Å². The number of urea groups is 1. The SMILES string of the molecule is CCNC(=O)NC(=O)C(C)N(CC)CC1CCCN1. The number of likely N-dealkylation sites (N-methyl/N-ethyl adjacent to an activating group) is 1. The van der Waals surface area contributed by atoms with Gasteiger partial charge in [-0.25, -0.2) is 4.79 Å². The number of hydrogen-bond donors (Lipinski definition) is 3. The van der Waals surface area contributed by atoms with Crippen molar-refractivity contribution in [3.05, 3.63) is 0 Å². The molecule has 2 atom stereocenters. The lowest BCUT2D eigenvalue weighted by molar-refractivity contribution is -0.124. The topological polar surface area (TPSA) is 73.5 Å². The molecule has 0 radical (unpaired) electrons. The van der Waals surface area contributed by atoms with E-state index in [2.05, 4.69) is 20.9 Å². The minimum atomic E-state index is -0.422. The third-order valence-electron chi connectivity index (χ3n) is 3.52. The minimum absolute atomic E-state index is 0.245. The number of rotatable bonds is 6. The first kappa shape index (κ1) is 15.9. The first-order chi connectivity index (χ1) is 9.08. The fourth-order valence-electron chi connectivity index (χ4n) is 2.34. The maximum atomic E-state index is 12.0. The van der Waals surface area contributed by atoms with Crippen molar-refractivity contribution in [2.45, 2.75) is 45.7 Å². The summed E-state index contributed by atoms with van der Waals surface area (Å²) in [7, 11) is 0. The van der Waals surface area contributed by atoms with Crippen molar-refractivity contribution in [2.75, 3.05) is 26.2 Å². The maximum absolute atomic E-state index is 12.0. The van der Waals surface area contributed by atoms with Crippen molar-refractivity contribution in [3.63, 3.8) is 0 Å². The molecule has 3 N–H and O–H groups in total. The molecule has 1 saturated heterocycles. The molecule has 6 heteroatoms. The molecule has 1 heterocycles. The van der Waals surface area contributed by atoms with Crippen molar-refractivity contribution >= 4 is 11.9 Å². The number of nitrogens with zero attached hydrogens (tertiary/aromatic N) is 1. The molecule has 1 aliphatic rings. The van der Waals surface area contributed by atoms with Crippen LogP contribution in [0.1, 0.15) is 33.6 Å². The van der Waals surface area contributed by atoms with E-state index in [9.17, 15) is 9.59 Å². The van der Waals surface area contributed by atoms with Crippen LogP contribution in [0.25, 0.3) is 0 Å². The highest BCUT2D eigenvalue weighted by Gasteiger charge is 2.25. The molecule has 0 aromatic rings. The summed E-state index contributed by atoms with van der Waals surface area (Å²) in [5, 5.41) is 8.35. The van der Waals surface area contributed by atoms with Gasteiger partial charge in [-0.2, -0.15) is 0 Å². The molecule has 2 unspecified atom stereocenters. The minimum Gasteiger partial charge on any atom is -0.338 e. The smallest absolute Gasteiger partial charge is 0.321 e. The first-order valence-corrected chi connectivity index (χ1v) is 7.14. The van der Waals surface area contributed by atoms with E-state index in [1.807, 2.05) is 20.8 Å². The number of nitrogens with one attached hydrogen (secondary N) is 3. The Bertz CT molecular complexity index is 303. The standard InChI is InChI=1S/C13H26N4O2/c1-4-14-13(19)16-12(18)10(3)17(5-2)9-11-7-6-8-15-11/h10-11,15H,4-9H2,1-3H3,(H2,14,16,18,19). The van der Waals surface area contributed by atoms with Gasteiger partial charge in [0.2, 0.25) is 5.91 Å². The predicted octanol–water partition coefficient (Wildman–Crippen LogP) is 0.295. The normalized spacial score (nSPS) is 20.3. The molecule has 0 spiro atoms. The first-order valence-electron chi connectivity index (χ1n) is 7.14. The summed E-state index contributed by atoms with van der Waals surface area (Å²) in [5.74, 6) is -0.245. The molecule has 1 aliphatic heterocycles. The fourth-order valence-corrected chi connectivity index (χ4v) is 2.34. The van der Waals surface area contributed by atoms with Crippen LogP contribution in [0.3, 0.4) is 0 Å². The molecule has 0 aliphatic carbocycles. The monoisotopic (exact) mass is 270 g/mol. The van der Waals surface area contributed by atoms with Gasteiger partial charge in [0.1, 0.15) is 0 Å². The molecule has 0 aromatic carbocycles. The molecule has 1 fully saturated rings. The van der Waals surface area contributed by atoms with Gasteiger partial charge in [0, 0.05) is 19.1 Å². The average molecular weight is 270 g/mol. The quantitative estimate of drug-likeness (QED) is 0.649. The molecule has 1 rings (SSSR count). The molecule has 0 bridgehead atoms. The van der Waals surface area contributed by atoms with E-state index < -0.39 is 6.03 Å². The summed E-state index contributed by atoms with van der Waals surface area (Å²) in [4.78, 5) is 25.4. The van der Waals surface area contributed by atoms with E-state index in [0.29, 0.717) is 12.6 Å². The highest BCUT2D eigenvalue weighted by molar-refractivity contribution is 5.96. The van der Waals surface area contributed by atoms with Crippen LogP contribution >= 0.6 is 0 Å². The summed E-state index contributed by atoms with van der Waals surface area (Å²) in [5.41, 5.74) is 0. The molecule has 3 amide bonds. The molecule has 110 valence electrons. The third-order valence-corrected chi connectivity index (χ3v) is 3.52. The predicted molar refractivity (Wildman–Crippen MR) is 74.9 cm³/mol. The lowest BCUT2D eigenvalue weighted by atomic mass is 10.1. The summed E-state index contributed by atoms with van der Waals surface area (Å²) in [6, 6.07) is -0.260. The zero-order valence-electron chi connectivity index (χ0n) is 12.2. The van der Waals surface area contributed by atoms with Crippen LogP contribution in [0.15, 0.2) is 0 Å². The Morgan fingerprint density at radius 2 is 2.16 bits per heavy atom. The van der Waals surface area contributed by atoms with E-state index in [0.717, 1.165) is 26.1 Å². The lowest BCUT2D eigenvalue weighted by Gasteiger charge is -2.29. The molecule has 6 nitrogen and oxygen atoms in total. The second-order valence-corrected chi connectivity index (χ2v) is 4.91. The van der Waals surface area contributed by atoms with Gasteiger partial charge in [-0.1, -0.05) is 6.92 Å². The molecule has 0 aromatic heterocycles. The van der Waals surface area contributed by atoms with Crippen molar-refractivity contribution in [1.29, 1.82) is 0 Å². The Morgan fingerprint density at radius 1 is 1.42 bits per heavy atom. The van der Waals surface area contributed by atoms with Crippen molar-refractivity contribution in [3.8, 4) is 0 Å².